The largest absolute Gasteiger partial charge is 0.505 e. The molecule has 1 unspecified atom stereocenters. The van der Waals surface area contributed by atoms with E-state index in [1.807, 2.05) is 67.8 Å². The second kappa shape index (κ2) is 9.28. The normalized spacial score (nSPS) is 20.8. The van der Waals surface area contributed by atoms with Crippen molar-refractivity contribution in [2.45, 2.75) is 26.8 Å². The molecule has 8 heteroatoms. The highest BCUT2D eigenvalue weighted by atomic mass is 16.5. The van der Waals surface area contributed by atoms with Crippen LogP contribution in [0.5, 0.6) is 0 Å². The second-order valence-corrected chi connectivity index (χ2v) is 9.29. The molecule has 4 heterocycles. The Balaban J connectivity index is 1.60. The Morgan fingerprint density at radius 1 is 1.06 bits per heavy atom. The predicted molar refractivity (Wildman–Crippen MR) is 132 cm³/mol. The molecule has 1 aromatic carbocycles. The number of ether oxygens (including phenoxy) is 1. The van der Waals surface area contributed by atoms with E-state index in [9.17, 15) is 14.7 Å². The highest BCUT2D eigenvalue weighted by molar-refractivity contribution is 6.46. The molecule has 2 aliphatic rings. The molecule has 2 aliphatic heterocycles. The Bertz CT molecular complexity index is 1320. The lowest BCUT2D eigenvalue weighted by atomic mass is 9.95. The lowest BCUT2D eigenvalue weighted by Crippen LogP contribution is -2.42. The average Bonchev–Trinajstić information content (AvgIpc) is 3.33. The van der Waals surface area contributed by atoms with Crippen LogP contribution in [0.15, 0.2) is 48.2 Å². The third-order valence-corrected chi connectivity index (χ3v) is 7.00. The van der Waals surface area contributed by atoms with Crippen molar-refractivity contribution in [3.63, 3.8) is 0 Å². The maximum absolute atomic E-state index is 13.3. The van der Waals surface area contributed by atoms with Gasteiger partial charge < -0.3 is 19.1 Å². The Labute approximate surface area is 204 Å². The number of hydrogen-bond acceptors (Lipinski definition) is 6. The van der Waals surface area contributed by atoms with Gasteiger partial charge in [-0.05, 0) is 38.0 Å². The van der Waals surface area contributed by atoms with E-state index in [2.05, 4.69) is 9.88 Å². The van der Waals surface area contributed by atoms with E-state index in [4.69, 9.17) is 4.74 Å². The number of pyridine rings is 1. The maximum atomic E-state index is 13.3. The van der Waals surface area contributed by atoms with Crippen LogP contribution in [0, 0.1) is 20.8 Å². The summed E-state index contributed by atoms with van der Waals surface area (Å²) in [6, 6.07) is 10.9. The summed E-state index contributed by atoms with van der Waals surface area (Å²) in [6.45, 7) is 9.69. The van der Waals surface area contributed by atoms with Crippen molar-refractivity contribution in [1.29, 1.82) is 0 Å². The van der Waals surface area contributed by atoms with Crippen LogP contribution in [0.25, 0.3) is 11.4 Å². The molecule has 182 valence electrons. The summed E-state index contributed by atoms with van der Waals surface area (Å²) in [5.74, 6) is -1.50. The minimum atomic E-state index is -0.679. The molecule has 0 spiro atoms. The van der Waals surface area contributed by atoms with Crippen molar-refractivity contribution in [1.82, 2.24) is 19.2 Å². The molecule has 3 aromatic rings. The molecule has 2 fully saturated rings. The van der Waals surface area contributed by atoms with Crippen molar-refractivity contribution in [3.05, 3.63) is 76.2 Å². The van der Waals surface area contributed by atoms with Gasteiger partial charge in [-0.3, -0.25) is 14.5 Å². The Morgan fingerprint density at radius 2 is 1.77 bits per heavy atom. The lowest BCUT2D eigenvalue weighted by Gasteiger charge is -2.31. The summed E-state index contributed by atoms with van der Waals surface area (Å²) in [5.41, 5.74) is 4.65. The smallest absolute Gasteiger partial charge is 0.295 e. The van der Waals surface area contributed by atoms with Crippen LogP contribution in [0.2, 0.25) is 0 Å². The molecule has 2 aromatic heterocycles. The number of nitrogens with zero attached hydrogens (tertiary/aromatic N) is 4. The number of Topliss-reactive ketones (excluding diaryl/α,β-unsaturated/α-hetero) is 1. The molecule has 0 aliphatic carbocycles. The van der Waals surface area contributed by atoms with E-state index in [0.29, 0.717) is 43.3 Å². The standard InChI is InChI=1S/C27H30N4O4/c1-17-6-8-20(9-7-17)23-21(24(32)22-19(3)30-10-4-5-18(2)26(30)28-22)25(33)27(34)31(23)12-11-29-13-15-35-16-14-29/h4-10,23,32H,11-16H2,1-3H3/b24-21+. The number of aromatic nitrogens is 2. The first-order valence-electron chi connectivity index (χ1n) is 12.0. The zero-order chi connectivity index (χ0) is 24.7. The second-order valence-electron chi connectivity index (χ2n) is 9.29. The summed E-state index contributed by atoms with van der Waals surface area (Å²) >= 11 is 0. The van der Waals surface area contributed by atoms with Gasteiger partial charge >= 0.3 is 0 Å². The van der Waals surface area contributed by atoms with E-state index >= 15 is 0 Å². The van der Waals surface area contributed by atoms with Gasteiger partial charge in [0.05, 0.1) is 30.5 Å². The number of aryl methyl sites for hydroxylation is 3. The zero-order valence-electron chi connectivity index (χ0n) is 20.3. The number of imidazole rings is 1. The summed E-state index contributed by atoms with van der Waals surface area (Å²) in [5, 5.41) is 11.5. The first-order valence-corrected chi connectivity index (χ1v) is 12.0. The topological polar surface area (TPSA) is 87.4 Å². The number of rotatable bonds is 5. The fraction of sp³-hybridized carbons (Fsp3) is 0.370. The Hall–Kier alpha value is -3.49. The predicted octanol–water partition coefficient (Wildman–Crippen LogP) is 3.01. The molecule has 5 rings (SSSR count). The molecular formula is C27H30N4O4. The highest BCUT2D eigenvalue weighted by Gasteiger charge is 2.46. The van der Waals surface area contributed by atoms with Gasteiger partial charge in [0, 0.05) is 32.4 Å². The number of ketones is 1. The van der Waals surface area contributed by atoms with E-state index in [0.717, 1.165) is 29.8 Å². The van der Waals surface area contributed by atoms with Gasteiger partial charge in [-0.2, -0.15) is 0 Å². The molecule has 1 amide bonds. The number of benzene rings is 1. The highest BCUT2D eigenvalue weighted by Crippen LogP contribution is 2.39. The molecule has 2 saturated heterocycles. The minimum absolute atomic E-state index is 0.0880. The molecule has 0 saturated carbocycles. The third-order valence-electron chi connectivity index (χ3n) is 7.00. The van der Waals surface area contributed by atoms with Crippen LogP contribution < -0.4 is 0 Å². The van der Waals surface area contributed by atoms with E-state index in [1.165, 1.54) is 0 Å². The molecule has 0 bridgehead atoms. The van der Waals surface area contributed by atoms with Crippen LogP contribution in [-0.2, 0) is 14.3 Å². The van der Waals surface area contributed by atoms with Crippen molar-refractivity contribution in [2.24, 2.45) is 0 Å². The maximum Gasteiger partial charge on any atom is 0.295 e. The third kappa shape index (κ3) is 4.13. The molecular weight excluding hydrogens is 444 g/mol. The minimum Gasteiger partial charge on any atom is -0.505 e. The summed E-state index contributed by atoms with van der Waals surface area (Å²) in [7, 11) is 0. The fourth-order valence-corrected chi connectivity index (χ4v) is 4.95. The van der Waals surface area contributed by atoms with Gasteiger partial charge in [-0.25, -0.2) is 4.98 Å². The first kappa shape index (κ1) is 23.3. The van der Waals surface area contributed by atoms with Crippen molar-refractivity contribution < 1.29 is 19.4 Å². The van der Waals surface area contributed by atoms with Gasteiger partial charge in [0.15, 0.2) is 5.76 Å². The molecule has 35 heavy (non-hydrogen) atoms. The molecule has 1 atom stereocenters. The van der Waals surface area contributed by atoms with Crippen LogP contribution in [-0.4, -0.2) is 75.4 Å². The van der Waals surface area contributed by atoms with Crippen LogP contribution in [0.1, 0.15) is 34.1 Å². The van der Waals surface area contributed by atoms with Gasteiger partial charge in [-0.1, -0.05) is 35.9 Å². The number of aliphatic hydroxyl groups is 1. The number of morpholine rings is 1. The SMILES string of the molecule is Cc1ccc(C2/C(=C(\O)c3nc4c(C)cccn4c3C)C(=O)C(=O)N2CCN2CCOCC2)cc1. The number of likely N-dealkylation sites (tertiary alicyclic amines) is 1. The monoisotopic (exact) mass is 474 g/mol. The molecule has 1 N–H and O–H groups in total. The van der Waals surface area contributed by atoms with Crippen LogP contribution in [0.3, 0.4) is 0 Å². The summed E-state index contributed by atoms with van der Waals surface area (Å²) in [4.78, 5) is 35.1. The van der Waals surface area contributed by atoms with Crippen LogP contribution in [0.4, 0.5) is 0 Å². The zero-order valence-corrected chi connectivity index (χ0v) is 20.3. The number of aliphatic hydroxyl groups excluding tert-OH is 1. The number of carbonyl (C=O) groups is 2. The number of hydrogen-bond donors (Lipinski definition) is 1. The van der Waals surface area contributed by atoms with Gasteiger partial charge in [0.2, 0.25) is 0 Å². The van der Waals surface area contributed by atoms with Crippen molar-refractivity contribution in [2.75, 3.05) is 39.4 Å². The average molecular weight is 475 g/mol. The summed E-state index contributed by atoms with van der Waals surface area (Å²) in [6.07, 6.45) is 1.87. The Morgan fingerprint density at radius 3 is 2.46 bits per heavy atom. The van der Waals surface area contributed by atoms with Gasteiger partial charge in [0.25, 0.3) is 11.7 Å². The van der Waals surface area contributed by atoms with Gasteiger partial charge in [-0.15, -0.1) is 0 Å². The lowest BCUT2D eigenvalue weighted by molar-refractivity contribution is -0.140. The van der Waals surface area contributed by atoms with Crippen molar-refractivity contribution in [3.8, 4) is 0 Å². The quantitative estimate of drug-likeness (QED) is 0.348. The van der Waals surface area contributed by atoms with Crippen molar-refractivity contribution >= 4 is 23.1 Å². The van der Waals surface area contributed by atoms with E-state index < -0.39 is 17.7 Å². The molecule has 0 radical (unpaired) electrons. The number of fused-ring (bicyclic) bond motifs is 1. The first-order chi connectivity index (χ1) is 16.9. The van der Waals surface area contributed by atoms with E-state index in [1.54, 1.807) is 4.90 Å². The Kier molecular flexibility index (Phi) is 6.17. The number of amides is 1. The number of carbonyl (C=O) groups excluding carboxylic acids is 2. The van der Waals surface area contributed by atoms with E-state index in [-0.39, 0.29) is 11.3 Å². The molecule has 8 nitrogen and oxygen atoms in total. The van der Waals surface area contributed by atoms with Gasteiger partial charge in [0.1, 0.15) is 11.3 Å². The summed E-state index contributed by atoms with van der Waals surface area (Å²) < 4.78 is 7.32. The van der Waals surface area contributed by atoms with Crippen LogP contribution >= 0.6 is 0 Å². The fourth-order valence-electron chi connectivity index (χ4n) is 4.95.